The molecule has 0 saturated heterocycles. The first-order chi connectivity index (χ1) is 7.24. The van der Waals surface area contributed by atoms with Crippen molar-refractivity contribution in [3.63, 3.8) is 0 Å². The Balaban J connectivity index is 1.91. The van der Waals surface area contributed by atoms with Crippen molar-refractivity contribution in [3.8, 4) is 0 Å². The van der Waals surface area contributed by atoms with Crippen LogP contribution in [-0.2, 0) is 4.79 Å². The van der Waals surface area contributed by atoms with Crippen molar-refractivity contribution in [3.05, 3.63) is 12.7 Å². The van der Waals surface area contributed by atoms with E-state index in [1.165, 1.54) is 0 Å². The summed E-state index contributed by atoms with van der Waals surface area (Å²) in [5.74, 6) is 0.554. The average molecular weight is 210 g/mol. The Morgan fingerprint density at radius 1 is 1.53 bits per heavy atom. The molecule has 1 aliphatic carbocycles. The molecule has 3 nitrogen and oxygen atoms in total. The van der Waals surface area contributed by atoms with E-state index >= 15 is 0 Å². The van der Waals surface area contributed by atoms with Gasteiger partial charge in [-0.15, -0.1) is 6.58 Å². The lowest BCUT2D eigenvalue weighted by Gasteiger charge is -2.12. The topological polar surface area (TPSA) is 41.1 Å². The molecule has 1 fully saturated rings. The number of hydrogen-bond acceptors (Lipinski definition) is 2. The second-order valence-electron chi connectivity index (χ2n) is 4.29. The number of nitrogens with one attached hydrogen (secondary N) is 2. The molecule has 0 aromatic rings. The Morgan fingerprint density at radius 2 is 2.27 bits per heavy atom. The molecule has 0 aromatic carbocycles. The molecule has 0 spiro atoms. The summed E-state index contributed by atoms with van der Waals surface area (Å²) >= 11 is 0. The van der Waals surface area contributed by atoms with E-state index in [1.54, 1.807) is 0 Å². The lowest BCUT2D eigenvalue weighted by Crippen LogP contribution is -2.36. The number of amides is 1. The van der Waals surface area contributed by atoms with Crippen molar-refractivity contribution in [2.45, 2.75) is 38.6 Å². The lowest BCUT2D eigenvalue weighted by atomic mass is 10.2. The molecule has 1 amide bonds. The van der Waals surface area contributed by atoms with E-state index < -0.39 is 0 Å². The van der Waals surface area contributed by atoms with Gasteiger partial charge in [-0.3, -0.25) is 4.79 Å². The van der Waals surface area contributed by atoms with Crippen LogP contribution in [0.2, 0.25) is 0 Å². The SMILES string of the molecule is C=CCC[C@@H](C)NCCNC(=O)C1CC1. The first-order valence-electron chi connectivity index (χ1n) is 5.86. The average Bonchev–Trinajstić information content (AvgIpc) is 3.04. The van der Waals surface area contributed by atoms with Crippen LogP contribution in [0.15, 0.2) is 12.7 Å². The predicted molar refractivity (Wildman–Crippen MR) is 62.6 cm³/mol. The first kappa shape index (κ1) is 12.2. The summed E-state index contributed by atoms with van der Waals surface area (Å²) in [6.45, 7) is 7.45. The van der Waals surface area contributed by atoms with Crippen LogP contribution < -0.4 is 10.6 Å². The van der Waals surface area contributed by atoms with Crippen LogP contribution in [-0.4, -0.2) is 25.0 Å². The van der Waals surface area contributed by atoms with Gasteiger partial charge in [0.15, 0.2) is 0 Å². The highest BCUT2D eigenvalue weighted by Gasteiger charge is 2.28. The van der Waals surface area contributed by atoms with E-state index in [2.05, 4.69) is 24.1 Å². The maximum absolute atomic E-state index is 11.3. The largest absolute Gasteiger partial charge is 0.355 e. The molecule has 3 heteroatoms. The van der Waals surface area contributed by atoms with Gasteiger partial charge in [0.25, 0.3) is 0 Å². The summed E-state index contributed by atoms with van der Waals surface area (Å²) in [5.41, 5.74) is 0. The summed E-state index contributed by atoms with van der Waals surface area (Å²) in [5, 5.41) is 6.30. The van der Waals surface area contributed by atoms with Gasteiger partial charge in [-0.05, 0) is 32.6 Å². The van der Waals surface area contributed by atoms with Crippen molar-refractivity contribution in [1.29, 1.82) is 0 Å². The van der Waals surface area contributed by atoms with Crippen LogP contribution >= 0.6 is 0 Å². The fraction of sp³-hybridized carbons (Fsp3) is 0.750. The number of allylic oxidation sites excluding steroid dienone is 1. The molecule has 2 N–H and O–H groups in total. The number of rotatable bonds is 8. The maximum Gasteiger partial charge on any atom is 0.223 e. The van der Waals surface area contributed by atoms with Gasteiger partial charge < -0.3 is 10.6 Å². The molecular formula is C12H22N2O. The van der Waals surface area contributed by atoms with Crippen molar-refractivity contribution < 1.29 is 4.79 Å². The third-order valence-electron chi connectivity index (χ3n) is 2.67. The third kappa shape index (κ3) is 5.57. The van der Waals surface area contributed by atoms with Crippen LogP contribution in [0, 0.1) is 5.92 Å². The molecule has 0 heterocycles. The van der Waals surface area contributed by atoms with Gasteiger partial charge in [0, 0.05) is 25.0 Å². The zero-order chi connectivity index (χ0) is 11.1. The minimum atomic E-state index is 0.232. The predicted octanol–water partition coefficient (Wildman–Crippen LogP) is 1.46. The molecule has 1 atom stereocenters. The fourth-order valence-corrected chi connectivity index (χ4v) is 1.46. The highest BCUT2D eigenvalue weighted by Crippen LogP contribution is 2.28. The van der Waals surface area contributed by atoms with E-state index in [4.69, 9.17) is 0 Å². The Bertz CT molecular complexity index is 212. The van der Waals surface area contributed by atoms with Crippen LogP contribution in [0.1, 0.15) is 32.6 Å². The molecule has 0 aliphatic heterocycles. The van der Waals surface area contributed by atoms with E-state index in [9.17, 15) is 4.79 Å². The molecule has 15 heavy (non-hydrogen) atoms. The standard InChI is InChI=1S/C12H22N2O/c1-3-4-5-10(2)13-8-9-14-12(15)11-6-7-11/h3,10-11,13H,1,4-9H2,2H3,(H,14,15)/t10-/m1/s1. The van der Waals surface area contributed by atoms with Crippen molar-refractivity contribution in [2.75, 3.05) is 13.1 Å². The summed E-state index contributed by atoms with van der Waals surface area (Å²) in [6, 6.07) is 0.501. The van der Waals surface area contributed by atoms with Crippen LogP contribution in [0.25, 0.3) is 0 Å². The molecule has 1 aliphatic rings. The van der Waals surface area contributed by atoms with Gasteiger partial charge >= 0.3 is 0 Å². The van der Waals surface area contributed by atoms with Crippen LogP contribution in [0.3, 0.4) is 0 Å². The van der Waals surface area contributed by atoms with E-state index in [0.717, 1.165) is 38.8 Å². The second-order valence-corrected chi connectivity index (χ2v) is 4.29. The molecule has 1 saturated carbocycles. The van der Waals surface area contributed by atoms with Gasteiger partial charge in [-0.1, -0.05) is 6.08 Å². The summed E-state index contributed by atoms with van der Waals surface area (Å²) in [4.78, 5) is 11.3. The number of hydrogen-bond donors (Lipinski definition) is 2. The van der Waals surface area contributed by atoms with Crippen molar-refractivity contribution in [2.24, 2.45) is 5.92 Å². The zero-order valence-electron chi connectivity index (χ0n) is 9.59. The van der Waals surface area contributed by atoms with E-state index in [1.807, 2.05) is 6.08 Å². The zero-order valence-corrected chi connectivity index (χ0v) is 9.59. The number of carbonyl (C=O) groups is 1. The van der Waals surface area contributed by atoms with Gasteiger partial charge in [0.1, 0.15) is 0 Å². The fourth-order valence-electron chi connectivity index (χ4n) is 1.46. The summed E-state index contributed by atoms with van der Waals surface area (Å²) in [7, 11) is 0. The Morgan fingerprint density at radius 3 is 2.87 bits per heavy atom. The molecule has 0 radical (unpaired) electrons. The minimum Gasteiger partial charge on any atom is -0.355 e. The number of carbonyl (C=O) groups excluding carboxylic acids is 1. The van der Waals surface area contributed by atoms with Gasteiger partial charge in [0.05, 0.1) is 0 Å². The monoisotopic (exact) mass is 210 g/mol. The highest BCUT2D eigenvalue weighted by molar-refractivity contribution is 5.80. The molecular weight excluding hydrogens is 188 g/mol. The minimum absolute atomic E-state index is 0.232. The van der Waals surface area contributed by atoms with E-state index in [0.29, 0.717) is 12.0 Å². The third-order valence-corrected chi connectivity index (χ3v) is 2.67. The molecule has 86 valence electrons. The molecule has 0 unspecified atom stereocenters. The maximum atomic E-state index is 11.3. The smallest absolute Gasteiger partial charge is 0.223 e. The normalized spacial score (nSPS) is 17.1. The van der Waals surface area contributed by atoms with Gasteiger partial charge in [0.2, 0.25) is 5.91 Å². The molecule has 1 rings (SSSR count). The van der Waals surface area contributed by atoms with Crippen molar-refractivity contribution >= 4 is 5.91 Å². The van der Waals surface area contributed by atoms with E-state index in [-0.39, 0.29) is 5.91 Å². The van der Waals surface area contributed by atoms with Crippen LogP contribution in [0.5, 0.6) is 0 Å². The Hall–Kier alpha value is -0.830. The first-order valence-corrected chi connectivity index (χ1v) is 5.86. The van der Waals surface area contributed by atoms with Gasteiger partial charge in [-0.2, -0.15) is 0 Å². The summed E-state index contributed by atoms with van der Waals surface area (Å²) < 4.78 is 0. The van der Waals surface area contributed by atoms with Gasteiger partial charge in [-0.25, -0.2) is 0 Å². The Kier molecular flexibility index (Phi) is 5.40. The quantitative estimate of drug-likeness (QED) is 0.470. The Labute approximate surface area is 92.3 Å². The second kappa shape index (κ2) is 6.62. The lowest BCUT2D eigenvalue weighted by molar-refractivity contribution is -0.122. The molecule has 0 bridgehead atoms. The van der Waals surface area contributed by atoms with Crippen molar-refractivity contribution in [1.82, 2.24) is 10.6 Å². The van der Waals surface area contributed by atoms with Crippen LogP contribution in [0.4, 0.5) is 0 Å². The molecule has 0 aromatic heterocycles. The summed E-state index contributed by atoms with van der Waals surface area (Å²) in [6.07, 6.45) is 6.25. The highest BCUT2D eigenvalue weighted by atomic mass is 16.2.